The van der Waals surface area contributed by atoms with Gasteiger partial charge < -0.3 is 10.1 Å². The predicted molar refractivity (Wildman–Crippen MR) is 116 cm³/mol. The number of amides is 1. The van der Waals surface area contributed by atoms with Crippen molar-refractivity contribution in [1.82, 2.24) is 19.6 Å². The molecule has 0 bridgehead atoms. The number of rotatable bonds is 6. The van der Waals surface area contributed by atoms with Gasteiger partial charge in [0.15, 0.2) is 5.16 Å². The first-order valence-electron chi connectivity index (χ1n) is 9.20. The van der Waals surface area contributed by atoms with Crippen LogP contribution >= 0.6 is 11.8 Å². The molecule has 31 heavy (non-hydrogen) atoms. The molecule has 0 saturated heterocycles. The number of esters is 1. The van der Waals surface area contributed by atoms with E-state index in [0.29, 0.717) is 27.9 Å². The number of nitrogens with one attached hydrogen (secondary N) is 2. The molecule has 10 heteroatoms. The minimum Gasteiger partial charge on any atom is -0.465 e. The zero-order valence-electron chi connectivity index (χ0n) is 16.4. The average Bonchev–Trinajstić information content (AvgIpc) is 3.20. The number of carbonyl (C=O) groups excluding carboxylic acids is 2. The average molecular weight is 435 g/mol. The number of hydrogen-bond donors (Lipinski definition) is 2. The largest absolute Gasteiger partial charge is 0.465 e. The third-order valence-electron chi connectivity index (χ3n) is 4.37. The molecule has 156 valence electrons. The standard InChI is InChI=1S/C21H17N5O4S/c1-30-19(29)14-7-9-15(10-8-14)22-18(28)12-31-21-25-24-20-23-17(27)11-16(26(20)21)13-5-3-2-4-6-13/h2-11H,12H2,1H3,(H,22,28)(H,23,24,27). The summed E-state index contributed by atoms with van der Waals surface area (Å²) in [6, 6.07) is 17.3. The minimum atomic E-state index is -0.445. The zero-order chi connectivity index (χ0) is 21.8. The number of H-pyrrole nitrogens is 1. The molecule has 4 rings (SSSR count). The van der Waals surface area contributed by atoms with Gasteiger partial charge in [-0.15, -0.1) is 10.2 Å². The van der Waals surface area contributed by atoms with Crippen LogP contribution in [0.5, 0.6) is 0 Å². The molecule has 0 radical (unpaired) electrons. The summed E-state index contributed by atoms with van der Waals surface area (Å²) in [6.07, 6.45) is 0. The van der Waals surface area contributed by atoms with E-state index >= 15 is 0 Å². The van der Waals surface area contributed by atoms with Crippen LogP contribution in [-0.4, -0.2) is 44.3 Å². The van der Waals surface area contributed by atoms with E-state index in [4.69, 9.17) is 0 Å². The molecule has 0 atom stereocenters. The molecule has 1 amide bonds. The fraction of sp³-hybridized carbons (Fsp3) is 0.0952. The van der Waals surface area contributed by atoms with Gasteiger partial charge in [0.25, 0.3) is 5.56 Å². The van der Waals surface area contributed by atoms with E-state index < -0.39 is 5.97 Å². The first-order chi connectivity index (χ1) is 15.0. The Labute approximate surface area is 180 Å². The Hall–Kier alpha value is -3.92. The van der Waals surface area contributed by atoms with Gasteiger partial charge in [0.1, 0.15) is 0 Å². The molecule has 2 aromatic heterocycles. The highest BCUT2D eigenvalue weighted by Crippen LogP contribution is 2.24. The Morgan fingerprint density at radius 1 is 1.10 bits per heavy atom. The van der Waals surface area contributed by atoms with Gasteiger partial charge >= 0.3 is 5.97 Å². The van der Waals surface area contributed by atoms with Crippen LogP contribution in [0.3, 0.4) is 0 Å². The summed E-state index contributed by atoms with van der Waals surface area (Å²) in [7, 11) is 1.31. The van der Waals surface area contributed by atoms with E-state index in [2.05, 4.69) is 25.2 Å². The summed E-state index contributed by atoms with van der Waals surface area (Å²) in [5.41, 5.74) is 2.12. The fourth-order valence-electron chi connectivity index (χ4n) is 2.95. The van der Waals surface area contributed by atoms with Crippen molar-refractivity contribution >= 4 is 35.1 Å². The van der Waals surface area contributed by atoms with Gasteiger partial charge in [-0.05, 0) is 29.8 Å². The number of benzene rings is 2. The maximum Gasteiger partial charge on any atom is 0.337 e. The maximum atomic E-state index is 12.4. The number of aromatic amines is 1. The summed E-state index contributed by atoms with van der Waals surface area (Å²) >= 11 is 1.19. The number of methoxy groups -OCH3 is 1. The molecule has 0 fully saturated rings. The lowest BCUT2D eigenvalue weighted by Gasteiger charge is -2.08. The van der Waals surface area contributed by atoms with E-state index in [0.717, 1.165) is 5.56 Å². The molecule has 2 heterocycles. The number of nitrogens with zero attached hydrogens (tertiary/aromatic N) is 3. The number of aromatic nitrogens is 4. The highest BCUT2D eigenvalue weighted by atomic mass is 32.2. The monoisotopic (exact) mass is 435 g/mol. The van der Waals surface area contributed by atoms with Crippen molar-refractivity contribution in [2.75, 3.05) is 18.2 Å². The quantitative estimate of drug-likeness (QED) is 0.353. The summed E-state index contributed by atoms with van der Waals surface area (Å²) in [6.45, 7) is 0. The smallest absolute Gasteiger partial charge is 0.337 e. The summed E-state index contributed by atoms with van der Waals surface area (Å²) in [4.78, 5) is 38.5. The van der Waals surface area contributed by atoms with Crippen molar-refractivity contribution in [3.63, 3.8) is 0 Å². The molecular formula is C21H17N5O4S. The predicted octanol–water partition coefficient (Wildman–Crippen LogP) is 2.60. The molecule has 0 aliphatic rings. The van der Waals surface area contributed by atoms with Gasteiger partial charge in [-0.25, -0.2) is 4.79 Å². The van der Waals surface area contributed by atoms with Crippen LogP contribution in [-0.2, 0) is 9.53 Å². The SMILES string of the molecule is COC(=O)c1ccc(NC(=O)CSc2nnc3[nH]c(=O)cc(-c4ccccc4)n23)cc1. The lowest BCUT2D eigenvalue weighted by Crippen LogP contribution is -2.15. The molecule has 4 aromatic rings. The Kier molecular flexibility index (Phi) is 5.80. The second-order valence-electron chi connectivity index (χ2n) is 6.43. The second kappa shape index (κ2) is 8.84. The third kappa shape index (κ3) is 4.48. The van der Waals surface area contributed by atoms with Crippen LogP contribution < -0.4 is 10.9 Å². The van der Waals surface area contributed by atoms with Crippen LogP contribution in [0.25, 0.3) is 17.0 Å². The number of ether oxygens (including phenoxy) is 1. The topological polar surface area (TPSA) is 118 Å². The van der Waals surface area contributed by atoms with Gasteiger partial charge in [-0.3, -0.25) is 19.0 Å². The van der Waals surface area contributed by atoms with Crippen LogP contribution in [0, 0.1) is 0 Å². The Morgan fingerprint density at radius 3 is 2.55 bits per heavy atom. The maximum absolute atomic E-state index is 12.4. The first-order valence-corrected chi connectivity index (χ1v) is 10.2. The molecule has 2 N–H and O–H groups in total. The summed E-state index contributed by atoms with van der Waals surface area (Å²) in [5.74, 6) is -0.322. The van der Waals surface area contributed by atoms with Gasteiger partial charge in [0, 0.05) is 11.8 Å². The molecule has 0 saturated carbocycles. The number of thioether (sulfide) groups is 1. The number of fused-ring (bicyclic) bond motifs is 1. The first kappa shape index (κ1) is 20.4. The normalized spacial score (nSPS) is 10.7. The second-order valence-corrected chi connectivity index (χ2v) is 7.37. The van der Waals surface area contributed by atoms with E-state index in [1.165, 1.54) is 24.9 Å². The van der Waals surface area contributed by atoms with E-state index in [-0.39, 0.29) is 17.2 Å². The molecule has 0 aliphatic carbocycles. The van der Waals surface area contributed by atoms with Gasteiger partial charge in [0.2, 0.25) is 11.7 Å². The van der Waals surface area contributed by atoms with Crippen LogP contribution in [0.1, 0.15) is 10.4 Å². The third-order valence-corrected chi connectivity index (χ3v) is 5.30. The number of carbonyl (C=O) groups is 2. The summed E-state index contributed by atoms with van der Waals surface area (Å²) < 4.78 is 6.36. The van der Waals surface area contributed by atoms with Gasteiger partial charge in [-0.1, -0.05) is 42.1 Å². The van der Waals surface area contributed by atoms with Crippen molar-refractivity contribution in [2.24, 2.45) is 0 Å². The van der Waals surface area contributed by atoms with Crippen LogP contribution in [0.2, 0.25) is 0 Å². The van der Waals surface area contributed by atoms with Crippen molar-refractivity contribution in [3.8, 4) is 11.3 Å². The van der Waals surface area contributed by atoms with E-state index in [1.807, 2.05) is 30.3 Å². The van der Waals surface area contributed by atoms with Crippen molar-refractivity contribution < 1.29 is 14.3 Å². The number of anilines is 1. The Balaban J connectivity index is 1.51. The Bertz CT molecular complexity index is 1300. The lowest BCUT2D eigenvalue weighted by atomic mass is 10.1. The van der Waals surface area contributed by atoms with E-state index in [1.54, 1.807) is 28.7 Å². The van der Waals surface area contributed by atoms with Crippen LogP contribution in [0.4, 0.5) is 5.69 Å². The van der Waals surface area contributed by atoms with Crippen molar-refractivity contribution in [3.05, 3.63) is 76.6 Å². The minimum absolute atomic E-state index is 0.0763. The molecular weight excluding hydrogens is 418 g/mol. The van der Waals surface area contributed by atoms with Crippen molar-refractivity contribution in [2.45, 2.75) is 5.16 Å². The van der Waals surface area contributed by atoms with Crippen molar-refractivity contribution in [1.29, 1.82) is 0 Å². The molecule has 9 nitrogen and oxygen atoms in total. The summed E-state index contributed by atoms with van der Waals surface area (Å²) in [5, 5.41) is 11.4. The molecule has 0 aliphatic heterocycles. The molecule has 0 spiro atoms. The Morgan fingerprint density at radius 2 is 1.84 bits per heavy atom. The van der Waals surface area contributed by atoms with Gasteiger partial charge in [-0.2, -0.15) is 0 Å². The number of hydrogen-bond acceptors (Lipinski definition) is 7. The highest BCUT2D eigenvalue weighted by Gasteiger charge is 2.15. The fourth-order valence-corrected chi connectivity index (χ4v) is 3.70. The highest BCUT2D eigenvalue weighted by molar-refractivity contribution is 7.99. The van der Waals surface area contributed by atoms with E-state index in [9.17, 15) is 14.4 Å². The molecule has 0 unspecified atom stereocenters. The van der Waals surface area contributed by atoms with Crippen LogP contribution in [0.15, 0.2) is 70.6 Å². The van der Waals surface area contributed by atoms with Gasteiger partial charge in [0.05, 0.1) is 24.1 Å². The zero-order valence-corrected chi connectivity index (χ0v) is 17.2. The molecule has 2 aromatic carbocycles. The lowest BCUT2D eigenvalue weighted by molar-refractivity contribution is -0.113.